The Kier molecular flexibility index (Phi) is 4.20. The van der Waals surface area contributed by atoms with Crippen LogP contribution >= 0.6 is 11.6 Å². The maximum Gasteiger partial charge on any atom is 0.356 e. The molecule has 0 bridgehead atoms. The van der Waals surface area contributed by atoms with Crippen LogP contribution in [0.25, 0.3) is 0 Å². The van der Waals surface area contributed by atoms with E-state index in [4.69, 9.17) is 21.4 Å². The molecule has 20 heavy (non-hydrogen) atoms. The number of hydrogen-bond acceptors (Lipinski definition) is 4. The third-order valence-corrected chi connectivity index (χ3v) is 2.97. The molecule has 0 fully saturated rings. The largest absolute Gasteiger partial charge is 0.485 e. The minimum atomic E-state index is -1.19. The number of aryl methyl sites for hydroxylation is 2. The molecule has 0 spiro atoms. The second-order valence-electron chi connectivity index (χ2n) is 4.35. The van der Waals surface area contributed by atoms with Gasteiger partial charge in [-0.3, -0.25) is 0 Å². The van der Waals surface area contributed by atoms with Crippen LogP contribution in [0, 0.1) is 13.8 Å². The fraction of sp³-hybridized carbons (Fsp3) is 0.214. The molecule has 5 nitrogen and oxygen atoms in total. The number of rotatable bonds is 4. The lowest BCUT2D eigenvalue weighted by Crippen LogP contribution is -2.08. The average Bonchev–Trinajstić information content (AvgIpc) is 2.41. The lowest BCUT2D eigenvalue weighted by molar-refractivity contribution is 0.0689. The van der Waals surface area contributed by atoms with E-state index in [2.05, 4.69) is 9.97 Å². The van der Waals surface area contributed by atoms with Crippen molar-refractivity contribution in [1.82, 2.24) is 9.97 Å². The van der Waals surface area contributed by atoms with E-state index in [-0.39, 0.29) is 23.1 Å². The Labute approximate surface area is 121 Å². The van der Waals surface area contributed by atoms with Gasteiger partial charge in [0.15, 0.2) is 11.5 Å². The van der Waals surface area contributed by atoms with Crippen molar-refractivity contribution in [2.75, 3.05) is 0 Å². The van der Waals surface area contributed by atoms with Gasteiger partial charge in [-0.25, -0.2) is 14.8 Å². The van der Waals surface area contributed by atoms with Crippen LogP contribution in [0.2, 0.25) is 5.02 Å². The summed E-state index contributed by atoms with van der Waals surface area (Å²) in [6.45, 7) is 3.98. The molecule has 1 aromatic heterocycles. The van der Waals surface area contributed by atoms with Crippen molar-refractivity contribution >= 4 is 17.6 Å². The molecular weight excluding hydrogens is 280 g/mol. The van der Waals surface area contributed by atoms with E-state index in [0.717, 1.165) is 16.9 Å². The van der Waals surface area contributed by atoms with Gasteiger partial charge in [0.25, 0.3) is 0 Å². The zero-order chi connectivity index (χ0) is 14.7. The van der Waals surface area contributed by atoms with E-state index in [1.54, 1.807) is 0 Å². The molecule has 0 aliphatic heterocycles. The van der Waals surface area contributed by atoms with Gasteiger partial charge in [0, 0.05) is 0 Å². The first-order chi connectivity index (χ1) is 9.47. The quantitative estimate of drug-likeness (QED) is 0.938. The maximum absolute atomic E-state index is 10.9. The number of nitrogens with zero attached hydrogens (tertiary/aromatic N) is 2. The number of halogens is 1. The van der Waals surface area contributed by atoms with Crippen LogP contribution in [0.4, 0.5) is 0 Å². The highest BCUT2D eigenvalue weighted by atomic mass is 35.5. The highest BCUT2D eigenvalue weighted by Gasteiger charge is 2.13. The second kappa shape index (κ2) is 5.88. The molecular formula is C14H13ClN2O3. The molecule has 2 aromatic rings. The predicted octanol–water partition coefficient (Wildman–Crippen LogP) is 3.02. The fourth-order valence-electron chi connectivity index (χ4n) is 1.63. The topological polar surface area (TPSA) is 72.3 Å². The van der Waals surface area contributed by atoms with Crippen molar-refractivity contribution in [3.63, 3.8) is 0 Å². The molecule has 0 amide bonds. The van der Waals surface area contributed by atoms with Gasteiger partial charge in [0.05, 0.1) is 11.2 Å². The average molecular weight is 293 g/mol. The molecule has 6 heteroatoms. The first kappa shape index (κ1) is 14.3. The van der Waals surface area contributed by atoms with E-state index >= 15 is 0 Å². The molecule has 0 radical (unpaired) electrons. The lowest BCUT2D eigenvalue weighted by Gasteiger charge is -2.09. The van der Waals surface area contributed by atoms with Crippen LogP contribution in [0.1, 0.15) is 27.4 Å². The Morgan fingerprint density at radius 3 is 2.85 bits per heavy atom. The van der Waals surface area contributed by atoms with Crippen molar-refractivity contribution in [1.29, 1.82) is 0 Å². The normalized spacial score (nSPS) is 10.3. The van der Waals surface area contributed by atoms with Gasteiger partial charge in [-0.15, -0.1) is 0 Å². The smallest absolute Gasteiger partial charge is 0.356 e. The molecule has 0 saturated heterocycles. The summed E-state index contributed by atoms with van der Waals surface area (Å²) in [5.74, 6) is -0.196. The van der Waals surface area contributed by atoms with Crippen molar-refractivity contribution < 1.29 is 14.6 Å². The van der Waals surface area contributed by atoms with Crippen molar-refractivity contribution in [2.24, 2.45) is 0 Å². The standard InChI is InChI=1S/C14H13ClN2O3/c1-8-3-4-9(2)11(5-8)20-7-12-16-6-10(15)13(17-12)14(18)19/h3-6H,7H2,1-2H3,(H,18,19). The summed E-state index contributed by atoms with van der Waals surface area (Å²) in [6.07, 6.45) is 1.26. The molecule has 0 aliphatic carbocycles. The van der Waals surface area contributed by atoms with Gasteiger partial charge in [0.1, 0.15) is 12.4 Å². The summed E-state index contributed by atoms with van der Waals surface area (Å²) >= 11 is 5.71. The third kappa shape index (κ3) is 3.24. The minimum absolute atomic E-state index is 0.00739. The van der Waals surface area contributed by atoms with Crippen molar-refractivity contribution in [3.8, 4) is 5.75 Å². The van der Waals surface area contributed by atoms with Crippen molar-refractivity contribution in [3.05, 3.63) is 52.1 Å². The maximum atomic E-state index is 10.9. The van der Waals surface area contributed by atoms with E-state index in [1.807, 2.05) is 32.0 Å². The van der Waals surface area contributed by atoms with Gasteiger partial charge < -0.3 is 9.84 Å². The highest BCUT2D eigenvalue weighted by Crippen LogP contribution is 2.20. The van der Waals surface area contributed by atoms with Crippen LogP contribution in [0.15, 0.2) is 24.4 Å². The Morgan fingerprint density at radius 2 is 2.15 bits per heavy atom. The number of aromatic nitrogens is 2. The third-order valence-electron chi connectivity index (χ3n) is 2.70. The number of hydrogen-bond donors (Lipinski definition) is 1. The van der Waals surface area contributed by atoms with Crippen LogP contribution in [0.3, 0.4) is 0 Å². The van der Waals surface area contributed by atoms with Crippen LogP contribution in [0.5, 0.6) is 5.75 Å². The number of carboxylic acid groups (broad SMARTS) is 1. The SMILES string of the molecule is Cc1ccc(C)c(OCc2ncc(Cl)c(C(=O)O)n2)c1. The first-order valence-electron chi connectivity index (χ1n) is 5.92. The molecule has 0 aliphatic rings. The molecule has 0 unspecified atom stereocenters. The summed E-state index contributed by atoms with van der Waals surface area (Å²) in [4.78, 5) is 18.8. The van der Waals surface area contributed by atoms with Gasteiger partial charge in [-0.1, -0.05) is 23.7 Å². The Hall–Kier alpha value is -2.14. The van der Waals surface area contributed by atoms with Gasteiger partial charge in [-0.2, -0.15) is 0 Å². The Morgan fingerprint density at radius 1 is 1.40 bits per heavy atom. The lowest BCUT2D eigenvalue weighted by atomic mass is 10.1. The fourth-order valence-corrected chi connectivity index (χ4v) is 1.80. The number of carboxylic acids is 1. The second-order valence-corrected chi connectivity index (χ2v) is 4.75. The minimum Gasteiger partial charge on any atom is -0.485 e. The van der Waals surface area contributed by atoms with E-state index < -0.39 is 5.97 Å². The van der Waals surface area contributed by atoms with Crippen LogP contribution in [-0.4, -0.2) is 21.0 Å². The molecule has 0 saturated carbocycles. The zero-order valence-electron chi connectivity index (χ0n) is 11.1. The van der Waals surface area contributed by atoms with Crippen LogP contribution in [-0.2, 0) is 6.61 Å². The van der Waals surface area contributed by atoms with E-state index in [1.165, 1.54) is 6.20 Å². The molecule has 104 valence electrons. The first-order valence-corrected chi connectivity index (χ1v) is 6.30. The van der Waals surface area contributed by atoms with Gasteiger partial charge in [0.2, 0.25) is 0 Å². The Bertz CT molecular complexity index is 659. The summed E-state index contributed by atoms with van der Waals surface area (Å²) < 4.78 is 5.62. The van der Waals surface area contributed by atoms with Gasteiger partial charge in [-0.05, 0) is 31.0 Å². The van der Waals surface area contributed by atoms with E-state index in [9.17, 15) is 4.79 Å². The summed E-state index contributed by atoms with van der Waals surface area (Å²) in [7, 11) is 0. The molecule has 0 atom stereocenters. The summed E-state index contributed by atoms with van der Waals surface area (Å²) in [5.41, 5.74) is 1.85. The molecule has 1 N–H and O–H groups in total. The van der Waals surface area contributed by atoms with E-state index in [0.29, 0.717) is 0 Å². The predicted molar refractivity (Wildman–Crippen MR) is 74.2 cm³/mol. The summed E-state index contributed by atoms with van der Waals surface area (Å²) in [6, 6.07) is 5.85. The molecule has 2 rings (SSSR count). The number of aromatic carboxylic acids is 1. The highest BCUT2D eigenvalue weighted by molar-refractivity contribution is 6.33. The summed E-state index contributed by atoms with van der Waals surface area (Å²) in [5, 5.41) is 8.95. The number of benzene rings is 1. The molecule has 1 heterocycles. The number of ether oxygens (including phenoxy) is 1. The number of carbonyl (C=O) groups is 1. The van der Waals surface area contributed by atoms with Gasteiger partial charge >= 0.3 is 5.97 Å². The Balaban J connectivity index is 2.17. The zero-order valence-corrected chi connectivity index (χ0v) is 11.8. The van der Waals surface area contributed by atoms with Crippen LogP contribution < -0.4 is 4.74 Å². The monoisotopic (exact) mass is 292 g/mol. The molecule has 1 aromatic carbocycles. The van der Waals surface area contributed by atoms with Crippen molar-refractivity contribution in [2.45, 2.75) is 20.5 Å².